The summed E-state index contributed by atoms with van der Waals surface area (Å²) in [7, 11) is 0. The van der Waals surface area contributed by atoms with Gasteiger partial charge < -0.3 is 0 Å². The van der Waals surface area contributed by atoms with Crippen molar-refractivity contribution in [2.75, 3.05) is 6.54 Å². The zero-order chi connectivity index (χ0) is 12.5. The molecule has 0 radical (unpaired) electrons. The second-order valence-corrected chi connectivity index (χ2v) is 3.76. The molecule has 0 aliphatic carbocycles. The van der Waals surface area contributed by atoms with Crippen LogP contribution in [0.25, 0.3) is 0 Å². The highest BCUT2D eigenvalue weighted by atomic mass is 16.6. The van der Waals surface area contributed by atoms with Crippen molar-refractivity contribution in [3.63, 3.8) is 0 Å². The van der Waals surface area contributed by atoms with E-state index in [0.717, 1.165) is 11.1 Å². The standard InChI is InChI=1S/C16H15NO/c1-3-8-15(9-4-1)12-7-13-17-18-14-16-10-5-2-6-11-16/h1-6,8-11,17H,13-14H2. The molecule has 2 aromatic carbocycles. The molecule has 0 saturated carbocycles. The van der Waals surface area contributed by atoms with Gasteiger partial charge in [0.1, 0.15) is 0 Å². The molecule has 18 heavy (non-hydrogen) atoms. The fourth-order valence-corrected chi connectivity index (χ4v) is 1.46. The molecule has 0 saturated heterocycles. The smallest absolute Gasteiger partial charge is 0.0933 e. The third-order valence-corrected chi connectivity index (χ3v) is 2.35. The van der Waals surface area contributed by atoms with E-state index in [0.29, 0.717) is 13.2 Å². The Balaban J connectivity index is 1.67. The first-order valence-electron chi connectivity index (χ1n) is 5.87. The van der Waals surface area contributed by atoms with Crippen molar-refractivity contribution in [2.45, 2.75) is 6.61 Å². The molecule has 2 aromatic rings. The summed E-state index contributed by atoms with van der Waals surface area (Å²) in [5.74, 6) is 6.05. The lowest BCUT2D eigenvalue weighted by Gasteiger charge is -2.02. The number of hydrogen-bond acceptors (Lipinski definition) is 2. The van der Waals surface area contributed by atoms with Crippen LogP contribution in [0.5, 0.6) is 0 Å². The second-order valence-electron chi connectivity index (χ2n) is 3.76. The van der Waals surface area contributed by atoms with Crippen molar-refractivity contribution >= 4 is 0 Å². The SMILES string of the molecule is C(#Cc1ccccc1)CNOCc1ccccc1. The summed E-state index contributed by atoms with van der Waals surface area (Å²) >= 11 is 0. The number of hydrogen-bond donors (Lipinski definition) is 1. The largest absolute Gasteiger partial charge is 0.296 e. The molecule has 0 unspecified atom stereocenters. The molecule has 0 aliphatic rings. The molecule has 1 N–H and O–H groups in total. The molecule has 2 heteroatoms. The monoisotopic (exact) mass is 237 g/mol. The van der Waals surface area contributed by atoms with Gasteiger partial charge >= 0.3 is 0 Å². The maximum absolute atomic E-state index is 5.31. The topological polar surface area (TPSA) is 21.3 Å². The van der Waals surface area contributed by atoms with E-state index < -0.39 is 0 Å². The normalized spacial score (nSPS) is 9.56. The Morgan fingerprint density at radius 3 is 2.28 bits per heavy atom. The molecule has 2 nitrogen and oxygen atoms in total. The third kappa shape index (κ3) is 4.42. The molecule has 0 atom stereocenters. The Morgan fingerprint density at radius 1 is 0.889 bits per heavy atom. The van der Waals surface area contributed by atoms with Crippen LogP contribution in [0, 0.1) is 11.8 Å². The fourth-order valence-electron chi connectivity index (χ4n) is 1.46. The molecular formula is C16H15NO. The van der Waals surface area contributed by atoms with E-state index in [9.17, 15) is 0 Å². The third-order valence-electron chi connectivity index (χ3n) is 2.35. The molecule has 0 fully saturated rings. The highest BCUT2D eigenvalue weighted by Crippen LogP contribution is 1.98. The predicted octanol–water partition coefficient (Wildman–Crippen LogP) is 2.76. The molecule has 0 spiro atoms. The molecule has 0 heterocycles. The maximum Gasteiger partial charge on any atom is 0.0933 e. The van der Waals surface area contributed by atoms with Crippen LogP contribution in [-0.2, 0) is 11.4 Å². The van der Waals surface area contributed by atoms with Crippen molar-refractivity contribution < 1.29 is 4.84 Å². The van der Waals surface area contributed by atoms with E-state index in [1.807, 2.05) is 60.7 Å². The average Bonchev–Trinajstić information content (AvgIpc) is 2.45. The van der Waals surface area contributed by atoms with Crippen LogP contribution in [0.4, 0.5) is 0 Å². The Bertz CT molecular complexity index is 511. The van der Waals surface area contributed by atoms with Gasteiger partial charge in [-0.25, -0.2) is 0 Å². The summed E-state index contributed by atoms with van der Waals surface area (Å²) in [4.78, 5) is 5.31. The number of hydroxylamine groups is 1. The first-order chi connectivity index (χ1) is 8.95. The lowest BCUT2D eigenvalue weighted by molar-refractivity contribution is 0.0364. The molecular weight excluding hydrogens is 222 g/mol. The number of nitrogens with one attached hydrogen (secondary N) is 1. The average molecular weight is 237 g/mol. The van der Waals surface area contributed by atoms with Gasteiger partial charge in [0.15, 0.2) is 0 Å². The summed E-state index contributed by atoms with van der Waals surface area (Å²) < 4.78 is 0. The van der Waals surface area contributed by atoms with Gasteiger partial charge in [-0.05, 0) is 17.7 Å². The van der Waals surface area contributed by atoms with Crippen molar-refractivity contribution in [3.8, 4) is 11.8 Å². The van der Waals surface area contributed by atoms with E-state index >= 15 is 0 Å². The van der Waals surface area contributed by atoms with Gasteiger partial charge in [-0.2, -0.15) is 5.48 Å². The van der Waals surface area contributed by atoms with Crippen molar-refractivity contribution in [2.24, 2.45) is 0 Å². The van der Waals surface area contributed by atoms with Gasteiger partial charge in [0.25, 0.3) is 0 Å². The first kappa shape index (κ1) is 12.4. The van der Waals surface area contributed by atoms with Crippen LogP contribution in [-0.4, -0.2) is 6.54 Å². The van der Waals surface area contributed by atoms with Crippen LogP contribution < -0.4 is 5.48 Å². The van der Waals surface area contributed by atoms with E-state index in [1.165, 1.54) is 0 Å². The summed E-state index contributed by atoms with van der Waals surface area (Å²) in [6.45, 7) is 1.07. The first-order valence-corrected chi connectivity index (χ1v) is 5.87. The summed E-state index contributed by atoms with van der Waals surface area (Å²) in [6, 6.07) is 19.9. The van der Waals surface area contributed by atoms with Crippen LogP contribution in [0.15, 0.2) is 60.7 Å². The number of rotatable bonds is 4. The van der Waals surface area contributed by atoms with Crippen molar-refractivity contribution in [1.29, 1.82) is 0 Å². The molecule has 0 amide bonds. The van der Waals surface area contributed by atoms with Gasteiger partial charge in [0, 0.05) is 5.56 Å². The van der Waals surface area contributed by atoms with E-state index in [2.05, 4.69) is 17.3 Å². The van der Waals surface area contributed by atoms with Crippen molar-refractivity contribution in [3.05, 3.63) is 71.8 Å². The molecule has 2 rings (SSSR count). The van der Waals surface area contributed by atoms with Crippen LogP contribution in [0.2, 0.25) is 0 Å². The van der Waals surface area contributed by atoms with Crippen LogP contribution in [0.1, 0.15) is 11.1 Å². The van der Waals surface area contributed by atoms with E-state index in [4.69, 9.17) is 4.84 Å². The predicted molar refractivity (Wildman–Crippen MR) is 72.6 cm³/mol. The highest BCUT2D eigenvalue weighted by Gasteiger charge is 1.89. The Kier molecular flexibility index (Phi) is 5.01. The lowest BCUT2D eigenvalue weighted by Crippen LogP contribution is -2.14. The van der Waals surface area contributed by atoms with Crippen LogP contribution in [0.3, 0.4) is 0 Å². The van der Waals surface area contributed by atoms with Crippen molar-refractivity contribution in [1.82, 2.24) is 5.48 Å². The van der Waals surface area contributed by atoms with Crippen LogP contribution >= 0.6 is 0 Å². The Morgan fingerprint density at radius 2 is 1.56 bits per heavy atom. The molecule has 90 valence electrons. The summed E-state index contributed by atoms with van der Waals surface area (Å²) in [6.07, 6.45) is 0. The number of benzene rings is 2. The Hall–Kier alpha value is -2.08. The van der Waals surface area contributed by atoms with E-state index in [1.54, 1.807) is 0 Å². The quantitative estimate of drug-likeness (QED) is 0.501. The maximum atomic E-state index is 5.31. The van der Waals surface area contributed by atoms with E-state index in [-0.39, 0.29) is 0 Å². The zero-order valence-electron chi connectivity index (χ0n) is 10.1. The lowest BCUT2D eigenvalue weighted by atomic mass is 10.2. The van der Waals surface area contributed by atoms with Gasteiger partial charge in [-0.3, -0.25) is 4.84 Å². The Labute approximate surface area is 108 Å². The fraction of sp³-hybridized carbons (Fsp3) is 0.125. The van der Waals surface area contributed by atoms with Gasteiger partial charge in [-0.1, -0.05) is 60.4 Å². The molecule has 0 aromatic heterocycles. The minimum Gasteiger partial charge on any atom is -0.296 e. The second kappa shape index (κ2) is 7.29. The van der Waals surface area contributed by atoms with Gasteiger partial charge in [-0.15, -0.1) is 0 Å². The van der Waals surface area contributed by atoms with Gasteiger partial charge in [0.05, 0.1) is 13.2 Å². The highest BCUT2D eigenvalue weighted by molar-refractivity contribution is 5.33. The summed E-state index contributed by atoms with van der Waals surface area (Å²) in [5.41, 5.74) is 4.99. The minimum atomic E-state index is 0.516. The van der Waals surface area contributed by atoms with Gasteiger partial charge in [0.2, 0.25) is 0 Å². The minimum absolute atomic E-state index is 0.516. The molecule has 0 aliphatic heterocycles. The zero-order valence-corrected chi connectivity index (χ0v) is 10.1. The molecule has 0 bridgehead atoms. The summed E-state index contributed by atoms with van der Waals surface area (Å²) in [5, 5.41) is 0.